The van der Waals surface area contributed by atoms with Crippen LogP contribution in [-0.4, -0.2) is 6.61 Å². The maximum Gasteiger partial charge on any atom is 0.0836 e. The maximum absolute atomic E-state index is 5.30. The molecule has 1 radical (unpaired) electrons. The Labute approximate surface area is 71.1 Å². The highest BCUT2D eigenvalue weighted by Crippen LogP contribution is 2.02. The molecule has 0 saturated heterocycles. The van der Waals surface area contributed by atoms with Crippen molar-refractivity contribution in [2.45, 2.75) is 52.4 Å². The number of rotatable bonds is 8. The molecule has 0 atom stereocenters. The van der Waals surface area contributed by atoms with Crippen LogP contribution < -0.4 is 0 Å². The van der Waals surface area contributed by atoms with Crippen molar-refractivity contribution in [2.24, 2.45) is 0 Å². The van der Waals surface area contributed by atoms with Gasteiger partial charge in [-0.1, -0.05) is 39.5 Å². The molecule has 0 aliphatic rings. The standard InChI is InChI=1S/C10H21O/c1-3-5-7-8-10-11-9-6-4-2/h10H,3-9H2,1-2H3. The summed E-state index contributed by atoms with van der Waals surface area (Å²) in [5.41, 5.74) is 0. The Kier molecular flexibility index (Phi) is 9.92. The Balaban J connectivity index is 2.69. The highest BCUT2D eigenvalue weighted by atomic mass is 16.5. The van der Waals surface area contributed by atoms with Gasteiger partial charge in [0.1, 0.15) is 0 Å². The molecule has 0 heterocycles. The van der Waals surface area contributed by atoms with Crippen molar-refractivity contribution in [3.63, 3.8) is 0 Å². The summed E-state index contributed by atoms with van der Waals surface area (Å²) in [6.45, 7) is 7.27. The molecule has 0 amide bonds. The van der Waals surface area contributed by atoms with Gasteiger partial charge >= 0.3 is 0 Å². The fraction of sp³-hybridized carbons (Fsp3) is 0.900. The van der Waals surface area contributed by atoms with Gasteiger partial charge in [-0.2, -0.15) is 0 Å². The Hall–Kier alpha value is -0.0400. The first-order valence-electron chi connectivity index (χ1n) is 4.85. The second-order valence-electron chi connectivity index (χ2n) is 2.89. The van der Waals surface area contributed by atoms with Crippen LogP contribution >= 0.6 is 0 Å². The molecular weight excluding hydrogens is 136 g/mol. The van der Waals surface area contributed by atoms with Gasteiger partial charge in [0.05, 0.1) is 6.61 Å². The van der Waals surface area contributed by atoms with E-state index in [2.05, 4.69) is 13.8 Å². The molecule has 0 aliphatic carbocycles. The summed E-state index contributed by atoms with van der Waals surface area (Å²) < 4.78 is 5.30. The Bertz CT molecular complexity index is 53.9. The van der Waals surface area contributed by atoms with Crippen molar-refractivity contribution in [3.8, 4) is 0 Å². The first-order valence-corrected chi connectivity index (χ1v) is 4.85. The summed E-state index contributed by atoms with van der Waals surface area (Å²) in [6.07, 6.45) is 7.43. The fourth-order valence-corrected chi connectivity index (χ4v) is 0.872. The van der Waals surface area contributed by atoms with Gasteiger partial charge in [-0.05, 0) is 12.8 Å². The van der Waals surface area contributed by atoms with Crippen molar-refractivity contribution in [3.05, 3.63) is 6.61 Å². The largest absolute Gasteiger partial charge is 0.376 e. The van der Waals surface area contributed by atoms with Crippen molar-refractivity contribution < 1.29 is 4.74 Å². The molecule has 0 aromatic heterocycles. The third kappa shape index (κ3) is 9.96. The maximum atomic E-state index is 5.30. The highest BCUT2D eigenvalue weighted by molar-refractivity contribution is 4.50. The van der Waals surface area contributed by atoms with Gasteiger partial charge in [-0.3, -0.25) is 0 Å². The Morgan fingerprint density at radius 1 is 1.00 bits per heavy atom. The summed E-state index contributed by atoms with van der Waals surface area (Å²) in [6, 6.07) is 0. The molecule has 0 fully saturated rings. The van der Waals surface area contributed by atoms with Crippen LogP contribution in [-0.2, 0) is 4.74 Å². The van der Waals surface area contributed by atoms with Gasteiger partial charge < -0.3 is 4.74 Å². The normalized spacial score (nSPS) is 10.4. The van der Waals surface area contributed by atoms with E-state index in [0.717, 1.165) is 13.0 Å². The fourth-order valence-electron chi connectivity index (χ4n) is 0.872. The average molecular weight is 157 g/mol. The lowest BCUT2D eigenvalue weighted by Crippen LogP contribution is -1.90. The van der Waals surface area contributed by atoms with Gasteiger partial charge in [0, 0.05) is 6.61 Å². The molecule has 0 bridgehead atoms. The van der Waals surface area contributed by atoms with Crippen molar-refractivity contribution in [1.29, 1.82) is 0 Å². The molecule has 67 valence electrons. The molecule has 11 heavy (non-hydrogen) atoms. The quantitative estimate of drug-likeness (QED) is 0.490. The minimum absolute atomic E-state index is 0.905. The minimum Gasteiger partial charge on any atom is -0.376 e. The highest BCUT2D eigenvalue weighted by Gasteiger charge is 1.88. The molecule has 1 nitrogen and oxygen atoms in total. The van der Waals surface area contributed by atoms with Gasteiger partial charge in [0.2, 0.25) is 0 Å². The zero-order valence-corrected chi connectivity index (χ0v) is 7.94. The molecular formula is C10H21O. The molecule has 0 aromatic carbocycles. The third-order valence-corrected chi connectivity index (χ3v) is 1.66. The van der Waals surface area contributed by atoms with Crippen molar-refractivity contribution in [2.75, 3.05) is 6.61 Å². The van der Waals surface area contributed by atoms with E-state index in [4.69, 9.17) is 4.74 Å². The van der Waals surface area contributed by atoms with Crippen molar-refractivity contribution in [1.82, 2.24) is 0 Å². The number of hydrogen-bond donors (Lipinski definition) is 0. The van der Waals surface area contributed by atoms with Gasteiger partial charge in [0.15, 0.2) is 0 Å². The number of hydrogen-bond acceptors (Lipinski definition) is 1. The second-order valence-corrected chi connectivity index (χ2v) is 2.89. The predicted molar refractivity (Wildman–Crippen MR) is 49.3 cm³/mol. The van der Waals surface area contributed by atoms with Crippen LogP contribution in [0.4, 0.5) is 0 Å². The summed E-state index contributed by atoms with van der Waals surface area (Å²) in [5, 5.41) is 0. The van der Waals surface area contributed by atoms with Crippen LogP contribution in [0.5, 0.6) is 0 Å². The molecule has 1 heteroatoms. The van der Waals surface area contributed by atoms with E-state index in [9.17, 15) is 0 Å². The molecule has 0 N–H and O–H groups in total. The van der Waals surface area contributed by atoms with E-state index in [1.54, 1.807) is 0 Å². The van der Waals surface area contributed by atoms with E-state index < -0.39 is 0 Å². The molecule has 0 rings (SSSR count). The first-order chi connectivity index (χ1) is 5.41. The molecule has 0 aliphatic heterocycles. The van der Waals surface area contributed by atoms with Gasteiger partial charge in [0.25, 0.3) is 0 Å². The lowest BCUT2D eigenvalue weighted by molar-refractivity contribution is 0.186. The van der Waals surface area contributed by atoms with Crippen LogP contribution in [0.15, 0.2) is 0 Å². The van der Waals surface area contributed by atoms with Crippen LogP contribution in [0, 0.1) is 6.61 Å². The van der Waals surface area contributed by atoms with Crippen LogP contribution in [0.2, 0.25) is 0 Å². The zero-order chi connectivity index (χ0) is 8.36. The Morgan fingerprint density at radius 3 is 2.36 bits per heavy atom. The molecule has 0 aromatic rings. The smallest absolute Gasteiger partial charge is 0.0836 e. The van der Waals surface area contributed by atoms with Gasteiger partial charge in [-0.25, -0.2) is 0 Å². The van der Waals surface area contributed by atoms with Crippen molar-refractivity contribution >= 4 is 0 Å². The zero-order valence-electron chi connectivity index (χ0n) is 7.94. The topological polar surface area (TPSA) is 9.23 Å². The monoisotopic (exact) mass is 157 g/mol. The predicted octanol–water partition coefficient (Wildman–Crippen LogP) is 3.55. The summed E-state index contributed by atoms with van der Waals surface area (Å²) in [5.74, 6) is 0. The molecule has 0 spiro atoms. The SMILES string of the molecule is CCCCC[CH]OCCCC. The van der Waals surface area contributed by atoms with E-state index in [0.29, 0.717) is 0 Å². The van der Waals surface area contributed by atoms with Crippen LogP contribution in [0.25, 0.3) is 0 Å². The summed E-state index contributed by atoms with van der Waals surface area (Å²) >= 11 is 0. The molecule has 0 saturated carbocycles. The van der Waals surface area contributed by atoms with E-state index in [-0.39, 0.29) is 0 Å². The molecule has 0 unspecified atom stereocenters. The van der Waals surface area contributed by atoms with Crippen LogP contribution in [0.3, 0.4) is 0 Å². The van der Waals surface area contributed by atoms with Gasteiger partial charge in [-0.15, -0.1) is 0 Å². The average Bonchev–Trinajstić information content (AvgIpc) is 2.03. The van der Waals surface area contributed by atoms with E-state index in [1.165, 1.54) is 32.1 Å². The summed E-state index contributed by atoms with van der Waals surface area (Å²) in [7, 11) is 0. The van der Waals surface area contributed by atoms with Crippen LogP contribution in [0.1, 0.15) is 52.4 Å². The number of unbranched alkanes of at least 4 members (excludes halogenated alkanes) is 4. The first kappa shape index (κ1) is 11.0. The van der Waals surface area contributed by atoms with E-state index in [1.807, 2.05) is 6.61 Å². The Morgan fingerprint density at radius 2 is 1.73 bits per heavy atom. The third-order valence-electron chi connectivity index (χ3n) is 1.66. The number of ether oxygens (including phenoxy) is 1. The van der Waals surface area contributed by atoms with E-state index >= 15 is 0 Å². The lowest BCUT2D eigenvalue weighted by Gasteiger charge is -2.00. The summed E-state index contributed by atoms with van der Waals surface area (Å²) in [4.78, 5) is 0. The second kappa shape index (κ2) is 9.96. The minimum atomic E-state index is 0.905. The lowest BCUT2D eigenvalue weighted by atomic mass is 10.2.